The highest BCUT2D eigenvalue weighted by molar-refractivity contribution is 5.77. The summed E-state index contributed by atoms with van der Waals surface area (Å²) in [6, 6.07) is 7.93. The van der Waals surface area contributed by atoms with Crippen LogP contribution in [0.15, 0.2) is 24.3 Å². The number of nitrogens with zero attached hydrogens (tertiary/aromatic N) is 1. The maximum atomic E-state index is 12.7. The van der Waals surface area contributed by atoms with Crippen molar-refractivity contribution in [2.75, 3.05) is 0 Å². The second-order valence-corrected chi connectivity index (χ2v) is 7.68. The number of aryl methyl sites for hydroxylation is 2. The van der Waals surface area contributed by atoms with Crippen LogP contribution >= 0.6 is 0 Å². The van der Waals surface area contributed by atoms with Crippen LogP contribution in [-0.4, -0.2) is 21.7 Å². The molecule has 134 valence electrons. The van der Waals surface area contributed by atoms with Gasteiger partial charge in [0.1, 0.15) is 11.4 Å². The van der Waals surface area contributed by atoms with E-state index in [1.807, 2.05) is 38.1 Å². The van der Waals surface area contributed by atoms with E-state index in [1.54, 1.807) is 0 Å². The highest BCUT2D eigenvalue weighted by Crippen LogP contribution is 2.39. The van der Waals surface area contributed by atoms with Gasteiger partial charge in [-0.1, -0.05) is 25.1 Å². The Morgan fingerprint density at radius 1 is 1.40 bits per heavy atom. The molecule has 0 bridgehead atoms. The lowest BCUT2D eigenvalue weighted by atomic mass is 9.89. The molecule has 3 rings (SSSR count). The molecule has 5 heteroatoms. The number of aromatic nitrogens is 2. The number of para-hydroxylation sites is 1. The Bertz CT molecular complexity index is 759. The second kappa shape index (κ2) is 6.54. The van der Waals surface area contributed by atoms with Crippen molar-refractivity contribution < 1.29 is 9.53 Å². The van der Waals surface area contributed by atoms with E-state index in [0.29, 0.717) is 6.42 Å². The zero-order valence-corrected chi connectivity index (χ0v) is 15.6. The molecule has 0 spiro atoms. The van der Waals surface area contributed by atoms with Crippen LogP contribution < -0.4 is 10.1 Å². The van der Waals surface area contributed by atoms with Crippen molar-refractivity contribution in [2.24, 2.45) is 0 Å². The molecule has 0 radical (unpaired) electrons. The molecule has 0 fully saturated rings. The Morgan fingerprint density at radius 2 is 2.12 bits per heavy atom. The Hall–Kier alpha value is -2.30. The molecule has 0 unspecified atom stereocenters. The monoisotopic (exact) mass is 341 g/mol. The number of fused-ring (bicyclic) bond motifs is 1. The van der Waals surface area contributed by atoms with E-state index in [-0.39, 0.29) is 23.5 Å². The van der Waals surface area contributed by atoms with Gasteiger partial charge in [0, 0.05) is 24.1 Å². The first-order chi connectivity index (χ1) is 11.8. The molecular formula is C20H27N3O2. The fourth-order valence-electron chi connectivity index (χ4n) is 3.85. The van der Waals surface area contributed by atoms with Crippen molar-refractivity contribution in [3.8, 4) is 5.75 Å². The van der Waals surface area contributed by atoms with Crippen LogP contribution in [0.2, 0.25) is 0 Å². The van der Waals surface area contributed by atoms with Crippen molar-refractivity contribution in [2.45, 2.75) is 65.0 Å². The molecule has 5 nitrogen and oxygen atoms in total. The third kappa shape index (κ3) is 3.70. The summed E-state index contributed by atoms with van der Waals surface area (Å²) in [7, 11) is 0. The third-order valence-corrected chi connectivity index (χ3v) is 4.88. The van der Waals surface area contributed by atoms with Gasteiger partial charge in [0.2, 0.25) is 5.91 Å². The van der Waals surface area contributed by atoms with E-state index in [2.05, 4.69) is 36.3 Å². The van der Waals surface area contributed by atoms with E-state index in [1.165, 1.54) is 0 Å². The first-order valence-electron chi connectivity index (χ1n) is 8.85. The summed E-state index contributed by atoms with van der Waals surface area (Å²) in [6.45, 7) is 10.2. The van der Waals surface area contributed by atoms with Crippen LogP contribution in [0.4, 0.5) is 0 Å². The first kappa shape index (κ1) is 17.5. The smallest absolute Gasteiger partial charge is 0.221 e. The predicted molar refractivity (Wildman–Crippen MR) is 97.7 cm³/mol. The minimum atomic E-state index is -0.296. The van der Waals surface area contributed by atoms with Gasteiger partial charge in [-0.2, -0.15) is 5.10 Å². The maximum absolute atomic E-state index is 12.7. The van der Waals surface area contributed by atoms with Crippen LogP contribution in [0.25, 0.3) is 0 Å². The highest BCUT2D eigenvalue weighted by atomic mass is 16.5. The predicted octanol–water partition coefficient (Wildman–Crippen LogP) is 3.94. The number of aromatic amines is 1. The van der Waals surface area contributed by atoms with Gasteiger partial charge in [-0.25, -0.2) is 0 Å². The first-order valence-corrected chi connectivity index (χ1v) is 8.85. The fourth-order valence-corrected chi connectivity index (χ4v) is 3.85. The van der Waals surface area contributed by atoms with Gasteiger partial charge in [0.25, 0.3) is 0 Å². The van der Waals surface area contributed by atoms with Gasteiger partial charge in [-0.05, 0) is 45.2 Å². The molecule has 1 amide bonds. The molecule has 1 aromatic carbocycles. The van der Waals surface area contributed by atoms with Gasteiger partial charge >= 0.3 is 0 Å². The largest absolute Gasteiger partial charge is 0.487 e. The molecule has 1 aliphatic heterocycles. The molecule has 1 aromatic heterocycles. The zero-order valence-electron chi connectivity index (χ0n) is 15.6. The van der Waals surface area contributed by atoms with Crippen molar-refractivity contribution in [3.63, 3.8) is 0 Å². The number of hydrogen-bond donors (Lipinski definition) is 2. The molecule has 0 aliphatic carbocycles. The molecule has 2 atom stereocenters. The number of H-pyrrole nitrogens is 1. The van der Waals surface area contributed by atoms with Gasteiger partial charge in [0.05, 0.1) is 11.7 Å². The normalized spacial score (nSPS) is 19.6. The van der Waals surface area contributed by atoms with E-state index in [9.17, 15) is 4.79 Å². The Balaban J connectivity index is 1.73. The number of benzene rings is 1. The number of ether oxygens (including phenoxy) is 1. The van der Waals surface area contributed by atoms with Crippen LogP contribution in [0.3, 0.4) is 0 Å². The number of nitrogens with one attached hydrogen (secondary N) is 2. The lowest BCUT2D eigenvalue weighted by Gasteiger charge is -2.38. The van der Waals surface area contributed by atoms with Gasteiger partial charge in [-0.3, -0.25) is 9.89 Å². The Morgan fingerprint density at radius 3 is 2.80 bits per heavy atom. The second-order valence-electron chi connectivity index (χ2n) is 7.68. The van der Waals surface area contributed by atoms with E-state index in [4.69, 9.17) is 4.74 Å². The van der Waals surface area contributed by atoms with E-state index < -0.39 is 0 Å². The summed E-state index contributed by atoms with van der Waals surface area (Å²) >= 11 is 0. The molecular weight excluding hydrogens is 314 g/mol. The zero-order chi connectivity index (χ0) is 18.2. The number of rotatable bonds is 4. The lowest BCUT2D eigenvalue weighted by Crippen LogP contribution is -2.41. The maximum Gasteiger partial charge on any atom is 0.221 e. The van der Waals surface area contributed by atoms with Crippen molar-refractivity contribution in [3.05, 3.63) is 46.8 Å². The molecule has 0 saturated heterocycles. The van der Waals surface area contributed by atoms with Gasteiger partial charge in [-0.15, -0.1) is 0 Å². The number of amides is 1. The molecule has 2 N–H and O–H groups in total. The van der Waals surface area contributed by atoms with Crippen LogP contribution in [0.5, 0.6) is 5.75 Å². The average Bonchev–Trinajstić information content (AvgIpc) is 2.85. The molecule has 2 heterocycles. The summed E-state index contributed by atoms with van der Waals surface area (Å²) in [5.74, 6) is 1.05. The SMILES string of the molecule is Cc1n[nH]c(C)c1[C@H](C)CC(=O)N[C@H]1CC(C)(C)Oc2ccccc21. The average molecular weight is 341 g/mol. The summed E-state index contributed by atoms with van der Waals surface area (Å²) < 4.78 is 6.04. The third-order valence-electron chi connectivity index (χ3n) is 4.88. The van der Waals surface area contributed by atoms with Crippen molar-refractivity contribution in [1.29, 1.82) is 0 Å². The topological polar surface area (TPSA) is 67.0 Å². The van der Waals surface area contributed by atoms with E-state index in [0.717, 1.165) is 34.7 Å². The van der Waals surface area contributed by atoms with E-state index >= 15 is 0 Å². The number of hydrogen-bond acceptors (Lipinski definition) is 3. The Kier molecular flexibility index (Phi) is 4.58. The van der Waals surface area contributed by atoms with Crippen LogP contribution in [0, 0.1) is 13.8 Å². The van der Waals surface area contributed by atoms with Crippen LogP contribution in [-0.2, 0) is 4.79 Å². The summed E-state index contributed by atoms with van der Waals surface area (Å²) in [5.41, 5.74) is 3.90. The lowest BCUT2D eigenvalue weighted by molar-refractivity contribution is -0.122. The fraction of sp³-hybridized carbons (Fsp3) is 0.500. The number of carbonyl (C=O) groups excluding carboxylic acids is 1. The van der Waals surface area contributed by atoms with Gasteiger partial charge in [0.15, 0.2) is 0 Å². The summed E-state index contributed by atoms with van der Waals surface area (Å²) in [6.07, 6.45) is 1.20. The van der Waals surface area contributed by atoms with Gasteiger partial charge < -0.3 is 10.1 Å². The number of carbonyl (C=O) groups is 1. The molecule has 2 aromatic rings. The summed E-state index contributed by atoms with van der Waals surface area (Å²) in [4.78, 5) is 12.7. The minimum Gasteiger partial charge on any atom is -0.487 e. The quantitative estimate of drug-likeness (QED) is 0.885. The standard InChI is InChI=1S/C20H27N3O2/c1-12(19-13(2)22-23-14(19)3)10-18(24)21-16-11-20(4,5)25-17-9-7-6-8-15(16)17/h6-9,12,16H,10-11H2,1-5H3,(H,21,24)(H,22,23)/t12-,16+/m1/s1. The van der Waals surface area contributed by atoms with Crippen molar-refractivity contribution in [1.82, 2.24) is 15.5 Å². The van der Waals surface area contributed by atoms with Crippen LogP contribution in [0.1, 0.15) is 68.1 Å². The minimum absolute atomic E-state index is 0.0220. The molecule has 25 heavy (non-hydrogen) atoms. The van der Waals surface area contributed by atoms with Crippen molar-refractivity contribution >= 4 is 5.91 Å². The highest BCUT2D eigenvalue weighted by Gasteiger charge is 2.34. The Labute approximate surface area is 149 Å². The molecule has 1 aliphatic rings. The summed E-state index contributed by atoms with van der Waals surface area (Å²) in [5, 5.41) is 10.4. The molecule has 0 saturated carbocycles.